The van der Waals surface area contributed by atoms with E-state index in [2.05, 4.69) is 41.4 Å². The number of hydrogen-bond acceptors (Lipinski definition) is 3. The summed E-state index contributed by atoms with van der Waals surface area (Å²) in [7, 11) is 1.56. The summed E-state index contributed by atoms with van der Waals surface area (Å²) in [6.45, 7) is 3.90. The van der Waals surface area contributed by atoms with E-state index in [4.69, 9.17) is 4.74 Å². The Kier molecular flexibility index (Phi) is 6.10. The topological polar surface area (TPSA) is 41.6 Å². The fourth-order valence-electron chi connectivity index (χ4n) is 2.98. The molecule has 0 spiro atoms. The number of carbonyl (C=O) groups excluding carboxylic acids is 1. The van der Waals surface area contributed by atoms with Gasteiger partial charge in [-0.2, -0.15) is 0 Å². The second-order valence-corrected chi connectivity index (χ2v) is 6.20. The normalized spacial score (nSPS) is 10.3. The number of ether oxygens (including phenoxy) is 1. The zero-order valence-electron chi connectivity index (χ0n) is 15.7. The third-order valence-electron chi connectivity index (χ3n) is 4.44. The number of amides is 1. The Bertz CT molecular complexity index is 876. The van der Waals surface area contributed by atoms with E-state index < -0.39 is 0 Å². The summed E-state index contributed by atoms with van der Waals surface area (Å²) in [6, 6.07) is 25.5. The summed E-state index contributed by atoms with van der Waals surface area (Å²) < 4.78 is 5.26. The van der Waals surface area contributed by atoms with Crippen LogP contribution in [0.3, 0.4) is 0 Å². The van der Waals surface area contributed by atoms with Crippen LogP contribution in [0.15, 0.2) is 78.9 Å². The molecule has 4 heteroatoms. The number of hydrogen-bond donors (Lipinski definition) is 1. The summed E-state index contributed by atoms with van der Waals surface area (Å²) in [4.78, 5) is 14.8. The third kappa shape index (κ3) is 4.67. The molecule has 3 aromatic rings. The number of nitrogens with one attached hydrogen (secondary N) is 1. The molecular weight excluding hydrogens is 336 g/mol. The fraction of sp³-hybridized carbons (Fsp3) is 0.174. The van der Waals surface area contributed by atoms with Gasteiger partial charge in [0.1, 0.15) is 5.75 Å². The van der Waals surface area contributed by atoms with Gasteiger partial charge in [0, 0.05) is 24.5 Å². The van der Waals surface area contributed by atoms with Crippen molar-refractivity contribution in [2.24, 2.45) is 0 Å². The number of methoxy groups -OCH3 is 1. The molecule has 0 aliphatic carbocycles. The van der Waals surface area contributed by atoms with Crippen molar-refractivity contribution in [2.45, 2.75) is 13.5 Å². The molecule has 0 heterocycles. The van der Waals surface area contributed by atoms with Gasteiger partial charge in [0.25, 0.3) is 5.91 Å². The van der Waals surface area contributed by atoms with Crippen LogP contribution in [0.25, 0.3) is 0 Å². The SMILES string of the molecule is CCN(Cc1ccccc1)c1ccc(NC(=O)c2ccccc2OC)cc1. The second-order valence-electron chi connectivity index (χ2n) is 6.20. The van der Waals surface area contributed by atoms with Gasteiger partial charge in [-0.05, 0) is 48.9 Å². The first-order valence-corrected chi connectivity index (χ1v) is 9.04. The molecule has 0 aromatic heterocycles. The maximum Gasteiger partial charge on any atom is 0.259 e. The average molecular weight is 360 g/mol. The Hall–Kier alpha value is -3.27. The van der Waals surface area contributed by atoms with Crippen LogP contribution in [0.5, 0.6) is 5.75 Å². The van der Waals surface area contributed by atoms with Crippen molar-refractivity contribution in [3.8, 4) is 5.75 Å². The van der Waals surface area contributed by atoms with Crippen molar-refractivity contribution in [3.63, 3.8) is 0 Å². The zero-order chi connectivity index (χ0) is 19.1. The molecule has 0 unspecified atom stereocenters. The molecule has 3 aromatic carbocycles. The van der Waals surface area contributed by atoms with E-state index in [9.17, 15) is 4.79 Å². The molecule has 27 heavy (non-hydrogen) atoms. The molecule has 0 saturated carbocycles. The molecule has 3 rings (SSSR count). The Balaban J connectivity index is 1.70. The van der Waals surface area contributed by atoms with Crippen LogP contribution in [0.2, 0.25) is 0 Å². The molecule has 0 fully saturated rings. The van der Waals surface area contributed by atoms with Crippen molar-refractivity contribution in [1.29, 1.82) is 0 Å². The van der Waals surface area contributed by atoms with E-state index in [-0.39, 0.29) is 5.91 Å². The van der Waals surface area contributed by atoms with Gasteiger partial charge in [0.15, 0.2) is 0 Å². The molecule has 1 amide bonds. The van der Waals surface area contributed by atoms with Gasteiger partial charge in [0.2, 0.25) is 0 Å². The van der Waals surface area contributed by atoms with Gasteiger partial charge in [-0.25, -0.2) is 0 Å². The standard InChI is InChI=1S/C23H24N2O2/c1-3-25(17-18-9-5-4-6-10-18)20-15-13-19(14-16-20)24-23(26)21-11-7-8-12-22(21)27-2/h4-16H,3,17H2,1-2H3,(H,24,26). The van der Waals surface area contributed by atoms with Gasteiger partial charge >= 0.3 is 0 Å². The lowest BCUT2D eigenvalue weighted by atomic mass is 10.1. The van der Waals surface area contributed by atoms with E-state index in [1.807, 2.05) is 42.5 Å². The lowest BCUT2D eigenvalue weighted by Crippen LogP contribution is -2.22. The van der Waals surface area contributed by atoms with Crippen molar-refractivity contribution < 1.29 is 9.53 Å². The van der Waals surface area contributed by atoms with Crippen LogP contribution in [0.4, 0.5) is 11.4 Å². The molecule has 0 aliphatic rings. The number of anilines is 2. The van der Waals surface area contributed by atoms with E-state index >= 15 is 0 Å². The van der Waals surface area contributed by atoms with Crippen LogP contribution >= 0.6 is 0 Å². The van der Waals surface area contributed by atoms with Crippen LogP contribution in [0, 0.1) is 0 Å². The first-order chi connectivity index (χ1) is 13.2. The highest BCUT2D eigenvalue weighted by Crippen LogP contribution is 2.22. The number of carbonyl (C=O) groups is 1. The summed E-state index contributed by atoms with van der Waals surface area (Å²) in [5.41, 5.74) is 3.67. The molecule has 0 atom stereocenters. The van der Waals surface area contributed by atoms with Crippen molar-refractivity contribution in [2.75, 3.05) is 23.9 Å². The van der Waals surface area contributed by atoms with Crippen LogP contribution < -0.4 is 15.0 Å². The van der Waals surface area contributed by atoms with Crippen LogP contribution in [-0.2, 0) is 6.54 Å². The van der Waals surface area contributed by atoms with Crippen molar-refractivity contribution >= 4 is 17.3 Å². The average Bonchev–Trinajstić information content (AvgIpc) is 2.73. The zero-order valence-corrected chi connectivity index (χ0v) is 15.7. The fourth-order valence-corrected chi connectivity index (χ4v) is 2.98. The number of benzene rings is 3. The summed E-state index contributed by atoms with van der Waals surface area (Å²) >= 11 is 0. The highest BCUT2D eigenvalue weighted by Gasteiger charge is 2.12. The van der Waals surface area contributed by atoms with Gasteiger partial charge in [-0.15, -0.1) is 0 Å². The smallest absolute Gasteiger partial charge is 0.259 e. The quantitative estimate of drug-likeness (QED) is 0.646. The van der Waals surface area contributed by atoms with Gasteiger partial charge < -0.3 is 15.0 Å². The maximum absolute atomic E-state index is 12.5. The van der Waals surface area contributed by atoms with Crippen molar-refractivity contribution in [1.82, 2.24) is 0 Å². The first kappa shape index (κ1) is 18.5. The van der Waals surface area contributed by atoms with Crippen molar-refractivity contribution in [3.05, 3.63) is 90.0 Å². The monoisotopic (exact) mass is 360 g/mol. The minimum Gasteiger partial charge on any atom is -0.496 e. The summed E-state index contributed by atoms with van der Waals surface area (Å²) in [5, 5.41) is 2.93. The maximum atomic E-state index is 12.5. The Morgan fingerprint density at radius 3 is 2.26 bits per heavy atom. The highest BCUT2D eigenvalue weighted by molar-refractivity contribution is 6.06. The lowest BCUT2D eigenvalue weighted by Gasteiger charge is -2.23. The number of para-hydroxylation sites is 1. The first-order valence-electron chi connectivity index (χ1n) is 9.04. The predicted octanol–water partition coefficient (Wildman–Crippen LogP) is 4.97. The minimum atomic E-state index is -0.183. The van der Waals surface area contributed by atoms with Crippen LogP contribution in [0.1, 0.15) is 22.8 Å². The van der Waals surface area contributed by atoms with E-state index in [1.54, 1.807) is 19.2 Å². The van der Waals surface area contributed by atoms with Crippen LogP contribution in [-0.4, -0.2) is 19.6 Å². The predicted molar refractivity (Wildman–Crippen MR) is 111 cm³/mol. The molecule has 0 aliphatic heterocycles. The Labute approximate surface area is 160 Å². The third-order valence-corrected chi connectivity index (χ3v) is 4.44. The summed E-state index contributed by atoms with van der Waals surface area (Å²) in [5.74, 6) is 0.378. The second kappa shape index (κ2) is 8.90. The molecule has 0 bridgehead atoms. The minimum absolute atomic E-state index is 0.183. The Morgan fingerprint density at radius 2 is 1.59 bits per heavy atom. The van der Waals surface area contributed by atoms with E-state index in [0.29, 0.717) is 11.3 Å². The van der Waals surface area contributed by atoms with E-state index in [0.717, 1.165) is 24.5 Å². The highest BCUT2D eigenvalue weighted by atomic mass is 16.5. The van der Waals surface area contributed by atoms with Gasteiger partial charge in [-0.3, -0.25) is 4.79 Å². The lowest BCUT2D eigenvalue weighted by molar-refractivity contribution is 0.102. The largest absolute Gasteiger partial charge is 0.496 e. The summed E-state index contributed by atoms with van der Waals surface area (Å²) in [6.07, 6.45) is 0. The molecule has 1 N–H and O–H groups in total. The van der Waals surface area contributed by atoms with Gasteiger partial charge in [0.05, 0.1) is 12.7 Å². The number of rotatable bonds is 7. The Morgan fingerprint density at radius 1 is 0.926 bits per heavy atom. The number of nitrogens with zero attached hydrogens (tertiary/aromatic N) is 1. The molecule has 4 nitrogen and oxygen atoms in total. The molecular formula is C23H24N2O2. The van der Waals surface area contributed by atoms with Gasteiger partial charge in [-0.1, -0.05) is 42.5 Å². The molecule has 0 saturated heterocycles. The van der Waals surface area contributed by atoms with E-state index in [1.165, 1.54) is 5.56 Å². The molecule has 0 radical (unpaired) electrons. The molecule has 138 valence electrons.